The van der Waals surface area contributed by atoms with Crippen molar-refractivity contribution in [3.05, 3.63) is 63.9 Å². The third-order valence-electron chi connectivity index (χ3n) is 3.68. The van der Waals surface area contributed by atoms with E-state index >= 15 is 0 Å². The number of esters is 1. The predicted octanol–water partition coefficient (Wildman–Crippen LogP) is 2.67. The van der Waals surface area contributed by atoms with Crippen LogP contribution in [0, 0.1) is 6.92 Å². The second kappa shape index (κ2) is 9.05. The number of carbonyl (C=O) groups excluding carboxylic acids is 1. The van der Waals surface area contributed by atoms with E-state index in [1.54, 1.807) is 12.1 Å². The molecule has 25 heavy (non-hydrogen) atoms. The lowest BCUT2D eigenvalue weighted by atomic mass is 10.1. The standard InChI is InChI=1S/C17H19ClN2O4S/c1-12-3-4-13(9-16(12)18)7-8-20(25(22)23)11-15-6-5-14(10-19-15)17(21)24-2/h3-6,9-10H,7-8,11H2,1-2H3,(H,22,23)/p-1. The fourth-order valence-electron chi connectivity index (χ4n) is 2.19. The summed E-state index contributed by atoms with van der Waals surface area (Å²) in [6, 6.07) is 8.83. The number of aryl methyl sites for hydroxylation is 1. The molecule has 1 unspecified atom stereocenters. The highest BCUT2D eigenvalue weighted by Gasteiger charge is 2.10. The van der Waals surface area contributed by atoms with Crippen molar-refractivity contribution >= 4 is 28.8 Å². The van der Waals surface area contributed by atoms with Gasteiger partial charge in [0.15, 0.2) is 0 Å². The quantitative estimate of drug-likeness (QED) is 0.544. The van der Waals surface area contributed by atoms with Crippen LogP contribution >= 0.6 is 11.6 Å². The molecule has 0 bridgehead atoms. The average molecular weight is 382 g/mol. The second-order valence-corrected chi connectivity index (χ2v) is 6.80. The molecular weight excluding hydrogens is 364 g/mol. The van der Waals surface area contributed by atoms with E-state index in [0.717, 1.165) is 11.1 Å². The molecule has 2 aromatic rings. The first-order valence-corrected chi connectivity index (χ1v) is 8.94. The van der Waals surface area contributed by atoms with E-state index in [0.29, 0.717) is 29.2 Å². The summed E-state index contributed by atoms with van der Waals surface area (Å²) < 4.78 is 28.8. The normalized spacial score (nSPS) is 12.2. The average Bonchev–Trinajstić information content (AvgIpc) is 2.61. The van der Waals surface area contributed by atoms with Crippen LogP contribution in [0.2, 0.25) is 5.02 Å². The van der Waals surface area contributed by atoms with Crippen molar-refractivity contribution in [2.75, 3.05) is 13.7 Å². The Morgan fingerprint density at radius 2 is 2.12 bits per heavy atom. The monoisotopic (exact) mass is 381 g/mol. The van der Waals surface area contributed by atoms with Crippen molar-refractivity contribution in [1.29, 1.82) is 0 Å². The topological polar surface area (TPSA) is 82.6 Å². The number of pyridine rings is 1. The summed E-state index contributed by atoms with van der Waals surface area (Å²) in [6.45, 7) is 2.34. The second-order valence-electron chi connectivity index (χ2n) is 5.44. The summed E-state index contributed by atoms with van der Waals surface area (Å²) in [5, 5.41) is 0.660. The molecule has 0 aliphatic rings. The smallest absolute Gasteiger partial charge is 0.339 e. The van der Waals surface area contributed by atoms with Gasteiger partial charge < -0.3 is 9.29 Å². The molecule has 0 fully saturated rings. The molecule has 1 aromatic heterocycles. The summed E-state index contributed by atoms with van der Waals surface area (Å²) in [4.78, 5) is 15.5. The van der Waals surface area contributed by atoms with Crippen molar-refractivity contribution in [2.45, 2.75) is 19.9 Å². The van der Waals surface area contributed by atoms with Gasteiger partial charge in [-0.15, -0.1) is 0 Å². The van der Waals surface area contributed by atoms with Gasteiger partial charge in [-0.05, 0) is 42.7 Å². The van der Waals surface area contributed by atoms with E-state index in [-0.39, 0.29) is 6.54 Å². The molecule has 6 nitrogen and oxygen atoms in total. The highest BCUT2D eigenvalue weighted by molar-refractivity contribution is 7.76. The molecule has 0 aliphatic carbocycles. The van der Waals surface area contributed by atoms with Crippen LogP contribution in [0.4, 0.5) is 0 Å². The fourth-order valence-corrected chi connectivity index (χ4v) is 2.87. The molecule has 0 N–H and O–H groups in total. The summed E-state index contributed by atoms with van der Waals surface area (Å²) in [5.41, 5.74) is 2.79. The van der Waals surface area contributed by atoms with Crippen molar-refractivity contribution in [2.24, 2.45) is 0 Å². The molecule has 0 spiro atoms. The Kier molecular flexibility index (Phi) is 7.07. The molecule has 0 radical (unpaired) electrons. The Hall–Kier alpha value is -1.80. The lowest BCUT2D eigenvalue weighted by Crippen LogP contribution is -2.28. The van der Waals surface area contributed by atoms with E-state index < -0.39 is 17.2 Å². The van der Waals surface area contributed by atoms with Crippen molar-refractivity contribution in [3.63, 3.8) is 0 Å². The first kappa shape index (κ1) is 19.5. The van der Waals surface area contributed by atoms with Crippen molar-refractivity contribution in [3.8, 4) is 0 Å². The molecule has 1 aromatic carbocycles. The summed E-state index contributed by atoms with van der Waals surface area (Å²) in [5.74, 6) is -0.487. The number of benzene rings is 1. The van der Waals surface area contributed by atoms with E-state index in [2.05, 4.69) is 9.72 Å². The number of ether oxygens (including phenoxy) is 1. The minimum absolute atomic E-state index is 0.122. The number of halogens is 1. The third kappa shape index (κ3) is 5.61. The van der Waals surface area contributed by atoms with Gasteiger partial charge in [0.2, 0.25) is 0 Å². The summed E-state index contributed by atoms with van der Waals surface area (Å²) in [6.07, 6.45) is 1.90. The van der Waals surface area contributed by atoms with Gasteiger partial charge >= 0.3 is 5.97 Å². The Labute approximate surface area is 154 Å². The maximum absolute atomic E-state index is 11.5. The molecule has 1 atom stereocenters. The van der Waals surface area contributed by atoms with Gasteiger partial charge in [-0.25, -0.2) is 9.10 Å². The number of methoxy groups -OCH3 is 1. The summed E-state index contributed by atoms with van der Waals surface area (Å²) in [7, 11) is 1.29. The first-order chi connectivity index (χ1) is 11.9. The Bertz CT molecular complexity index is 768. The van der Waals surface area contributed by atoms with Crippen molar-refractivity contribution in [1.82, 2.24) is 9.29 Å². The van der Waals surface area contributed by atoms with E-state index in [9.17, 15) is 13.6 Å². The predicted molar refractivity (Wildman–Crippen MR) is 94.8 cm³/mol. The maximum Gasteiger partial charge on any atom is 0.339 e. The molecule has 0 saturated heterocycles. The number of aromatic nitrogens is 1. The Morgan fingerprint density at radius 3 is 2.68 bits per heavy atom. The van der Waals surface area contributed by atoms with Crippen LogP contribution < -0.4 is 0 Å². The number of rotatable bonds is 7. The lowest BCUT2D eigenvalue weighted by molar-refractivity contribution is 0.0600. The van der Waals surface area contributed by atoms with Crippen LogP contribution in [-0.4, -0.2) is 37.7 Å². The van der Waals surface area contributed by atoms with Crippen LogP contribution in [0.1, 0.15) is 27.2 Å². The number of hydrogen-bond donors (Lipinski definition) is 0. The van der Waals surface area contributed by atoms with Crippen LogP contribution in [0.25, 0.3) is 0 Å². The van der Waals surface area contributed by atoms with Gasteiger partial charge in [-0.3, -0.25) is 9.19 Å². The number of nitrogens with zero attached hydrogens (tertiary/aromatic N) is 2. The zero-order chi connectivity index (χ0) is 18.4. The SMILES string of the molecule is COC(=O)c1ccc(CN(CCc2ccc(C)c(Cl)c2)S(=O)[O-])nc1. The largest absolute Gasteiger partial charge is 0.760 e. The van der Waals surface area contributed by atoms with Gasteiger partial charge in [-0.2, -0.15) is 0 Å². The van der Waals surface area contributed by atoms with Crippen molar-refractivity contribution < 1.29 is 18.3 Å². The van der Waals surface area contributed by atoms with Crippen LogP contribution in [0.15, 0.2) is 36.5 Å². The van der Waals surface area contributed by atoms with Gasteiger partial charge in [0.05, 0.1) is 24.9 Å². The Balaban J connectivity index is 2.01. The molecule has 0 saturated carbocycles. The van der Waals surface area contributed by atoms with Crippen LogP contribution in [0.5, 0.6) is 0 Å². The van der Waals surface area contributed by atoms with Crippen LogP contribution in [0.3, 0.4) is 0 Å². The van der Waals surface area contributed by atoms with Gasteiger partial charge in [0.1, 0.15) is 0 Å². The highest BCUT2D eigenvalue weighted by atomic mass is 35.5. The van der Waals surface area contributed by atoms with E-state index in [4.69, 9.17) is 11.6 Å². The lowest BCUT2D eigenvalue weighted by Gasteiger charge is -2.24. The number of carbonyl (C=O) groups is 1. The molecule has 134 valence electrons. The third-order valence-corrected chi connectivity index (χ3v) is 4.82. The van der Waals surface area contributed by atoms with E-state index in [1.165, 1.54) is 17.6 Å². The zero-order valence-electron chi connectivity index (χ0n) is 13.9. The molecule has 0 aliphatic heterocycles. The van der Waals surface area contributed by atoms with Gasteiger partial charge in [0, 0.05) is 29.0 Å². The minimum Gasteiger partial charge on any atom is -0.760 e. The summed E-state index contributed by atoms with van der Waals surface area (Å²) >= 11 is 3.71. The Morgan fingerprint density at radius 1 is 1.36 bits per heavy atom. The van der Waals surface area contributed by atoms with Gasteiger partial charge in [0.25, 0.3) is 0 Å². The minimum atomic E-state index is -2.38. The van der Waals surface area contributed by atoms with Gasteiger partial charge in [-0.1, -0.05) is 23.7 Å². The molecule has 8 heteroatoms. The fraction of sp³-hybridized carbons (Fsp3) is 0.294. The molecule has 1 heterocycles. The molecule has 2 rings (SSSR count). The zero-order valence-corrected chi connectivity index (χ0v) is 15.5. The van der Waals surface area contributed by atoms with E-state index in [1.807, 2.05) is 25.1 Å². The molecular formula is C17H18ClN2O4S-. The maximum atomic E-state index is 11.5. The highest BCUT2D eigenvalue weighted by Crippen LogP contribution is 2.17. The van der Waals surface area contributed by atoms with Crippen LogP contribution in [-0.2, 0) is 29.0 Å². The molecule has 0 amide bonds. The first-order valence-electron chi connectivity index (χ1n) is 7.53. The number of hydrogen-bond acceptors (Lipinski definition) is 5.